The van der Waals surface area contributed by atoms with E-state index in [1.807, 2.05) is 0 Å². The van der Waals surface area contributed by atoms with Gasteiger partial charge in [0.25, 0.3) is 0 Å². The molecule has 0 aromatic heterocycles. The minimum atomic E-state index is -4.26. The standard InChI is InChI=1S/C6H14NO5P/c1-2-12-6(8)4-3-5(7)13(9,10)11/h5H,2-4,7H2,1H3,(H2,9,10,11)/t5-/m1/s1. The van der Waals surface area contributed by atoms with E-state index in [0.717, 1.165) is 0 Å². The van der Waals surface area contributed by atoms with Gasteiger partial charge in [0.05, 0.1) is 6.61 Å². The van der Waals surface area contributed by atoms with Crippen LogP contribution in [0.15, 0.2) is 0 Å². The molecule has 0 aliphatic heterocycles. The summed E-state index contributed by atoms with van der Waals surface area (Å²) in [5.74, 6) is -1.77. The third-order valence-electron chi connectivity index (χ3n) is 1.38. The summed E-state index contributed by atoms with van der Waals surface area (Å²) in [5, 5.41) is 0. The van der Waals surface area contributed by atoms with Crippen molar-refractivity contribution in [3.63, 3.8) is 0 Å². The fourth-order valence-corrected chi connectivity index (χ4v) is 1.13. The molecule has 78 valence electrons. The number of ether oxygens (including phenoxy) is 1. The van der Waals surface area contributed by atoms with E-state index >= 15 is 0 Å². The number of carbonyl (C=O) groups excluding carboxylic acids is 1. The molecule has 0 radical (unpaired) electrons. The number of esters is 1. The Balaban J connectivity index is 3.77. The van der Waals surface area contributed by atoms with E-state index in [1.54, 1.807) is 6.92 Å². The van der Waals surface area contributed by atoms with E-state index in [0.29, 0.717) is 0 Å². The molecule has 0 aliphatic carbocycles. The van der Waals surface area contributed by atoms with Gasteiger partial charge in [-0.1, -0.05) is 0 Å². The van der Waals surface area contributed by atoms with Crippen LogP contribution in [0.4, 0.5) is 0 Å². The third-order valence-corrected chi connectivity index (χ3v) is 2.50. The number of hydrogen-bond donors (Lipinski definition) is 3. The maximum absolute atomic E-state index is 10.7. The van der Waals surface area contributed by atoms with Crippen LogP contribution in [0, 0.1) is 0 Å². The van der Waals surface area contributed by atoms with Crippen molar-refractivity contribution >= 4 is 13.6 Å². The fraction of sp³-hybridized carbons (Fsp3) is 0.833. The minimum absolute atomic E-state index is 0.0664. The number of carbonyl (C=O) groups is 1. The van der Waals surface area contributed by atoms with E-state index in [1.165, 1.54) is 0 Å². The molecule has 6 nitrogen and oxygen atoms in total. The van der Waals surface area contributed by atoms with Crippen molar-refractivity contribution in [3.8, 4) is 0 Å². The summed E-state index contributed by atoms with van der Waals surface area (Å²) in [6.07, 6.45) is -0.136. The second-order valence-corrected chi connectivity index (χ2v) is 4.34. The Morgan fingerprint density at radius 2 is 2.15 bits per heavy atom. The zero-order valence-corrected chi connectivity index (χ0v) is 8.24. The molecule has 0 amide bonds. The Hall–Kier alpha value is -0.420. The zero-order chi connectivity index (χ0) is 10.5. The highest BCUT2D eigenvalue weighted by Crippen LogP contribution is 2.40. The number of nitrogens with two attached hydrogens (primary N) is 1. The van der Waals surface area contributed by atoms with E-state index in [-0.39, 0.29) is 19.4 Å². The zero-order valence-electron chi connectivity index (χ0n) is 7.34. The molecule has 0 aliphatic rings. The third kappa shape index (κ3) is 5.76. The molecular formula is C6H14NO5P. The van der Waals surface area contributed by atoms with Crippen LogP contribution in [0.2, 0.25) is 0 Å². The number of hydrogen-bond acceptors (Lipinski definition) is 4. The summed E-state index contributed by atoms with van der Waals surface area (Å²) >= 11 is 0. The Morgan fingerprint density at radius 3 is 2.54 bits per heavy atom. The summed E-state index contributed by atoms with van der Waals surface area (Å²) in [6.45, 7) is 1.91. The highest BCUT2D eigenvalue weighted by molar-refractivity contribution is 7.52. The van der Waals surface area contributed by atoms with Crippen molar-refractivity contribution in [2.75, 3.05) is 6.61 Å². The quantitative estimate of drug-likeness (QED) is 0.428. The van der Waals surface area contributed by atoms with Crippen LogP contribution in [0.3, 0.4) is 0 Å². The first-order chi connectivity index (χ1) is 5.88. The monoisotopic (exact) mass is 211 g/mol. The van der Waals surface area contributed by atoms with E-state index < -0.39 is 19.3 Å². The Kier molecular flexibility index (Phi) is 5.17. The van der Waals surface area contributed by atoms with Gasteiger partial charge < -0.3 is 20.3 Å². The molecule has 4 N–H and O–H groups in total. The van der Waals surface area contributed by atoms with Crippen LogP contribution in [-0.2, 0) is 14.1 Å². The van der Waals surface area contributed by atoms with Crippen LogP contribution >= 0.6 is 7.60 Å². The van der Waals surface area contributed by atoms with Gasteiger partial charge in [-0.3, -0.25) is 9.36 Å². The molecule has 7 heteroatoms. The van der Waals surface area contributed by atoms with Crippen LogP contribution < -0.4 is 5.73 Å². The summed E-state index contributed by atoms with van der Waals surface area (Å²) in [7, 11) is -4.26. The normalized spacial score (nSPS) is 13.8. The minimum Gasteiger partial charge on any atom is -0.466 e. The van der Waals surface area contributed by atoms with Crippen LogP contribution in [-0.4, -0.2) is 28.1 Å². The molecule has 0 spiro atoms. The average molecular weight is 211 g/mol. The SMILES string of the molecule is CCOC(=O)CC[C@H](N)P(=O)(O)O. The van der Waals surface area contributed by atoms with E-state index in [2.05, 4.69) is 4.74 Å². The second-order valence-electron chi connectivity index (χ2n) is 2.50. The summed E-state index contributed by atoms with van der Waals surface area (Å²) < 4.78 is 15.1. The predicted octanol–water partition coefficient (Wildman–Crippen LogP) is -0.208. The lowest BCUT2D eigenvalue weighted by Gasteiger charge is -2.12. The van der Waals surface area contributed by atoms with Gasteiger partial charge in [-0.25, -0.2) is 0 Å². The van der Waals surface area contributed by atoms with Crippen molar-refractivity contribution in [1.29, 1.82) is 0 Å². The molecule has 1 atom stereocenters. The molecular weight excluding hydrogens is 197 g/mol. The van der Waals surface area contributed by atoms with Crippen molar-refractivity contribution in [1.82, 2.24) is 0 Å². The Labute approximate surface area is 76.2 Å². The molecule has 0 saturated heterocycles. The predicted molar refractivity (Wildman–Crippen MR) is 45.9 cm³/mol. The van der Waals surface area contributed by atoms with Crippen molar-refractivity contribution in [2.45, 2.75) is 25.5 Å². The van der Waals surface area contributed by atoms with E-state index in [9.17, 15) is 9.36 Å². The van der Waals surface area contributed by atoms with Crippen molar-refractivity contribution in [2.24, 2.45) is 5.73 Å². The lowest BCUT2D eigenvalue weighted by Crippen LogP contribution is -2.21. The lowest BCUT2D eigenvalue weighted by molar-refractivity contribution is -0.143. The molecule has 0 rings (SSSR count). The fourth-order valence-electron chi connectivity index (χ4n) is 0.667. The topological polar surface area (TPSA) is 110 Å². The maximum Gasteiger partial charge on any atom is 0.342 e. The van der Waals surface area contributed by atoms with Crippen LogP contribution in [0.1, 0.15) is 19.8 Å². The van der Waals surface area contributed by atoms with Crippen LogP contribution in [0.25, 0.3) is 0 Å². The second kappa shape index (κ2) is 5.34. The van der Waals surface area contributed by atoms with Gasteiger partial charge in [0.15, 0.2) is 0 Å². The molecule has 0 fully saturated rings. The van der Waals surface area contributed by atoms with Gasteiger partial charge in [-0.15, -0.1) is 0 Å². The summed E-state index contributed by atoms with van der Waals surface area (Å²) in [6, 6.07) is 0. The highest BCUT2D eigenvalue weighted by Gasteiger charge is 2.24. The van der Waals surface area contributed by atoms with Crippen molar-refractivity contribution in [3.05, 3.63) is 0 Å². The molecule has 0 aromatic carbocycles. The van der Waals surface area contributed by atoms with Crippen molar-refractivity contribution < 1.29 is 23.9 Å². The van der Waals surface area contributed by atoms with Gasteiger partial charge in [0, 0.05) is 6.42 Å². The highest BCUT2D eigenvalue weighted by atomic mass is 31.2. The molecule has 0 saturated carbocycles. The average Bonchev–Trinajstić information content (AvgIpc) is 1.99. The van der Waals surface area contributed by atoms with Crippen LogP contribution in [0.5, 0.6) is 0 Å². The van der Waals surface area contributed by atoms with E-state index in [4.69, 9.17) is 15.5 Å². The molecule has 0 unspecified atom stereocenters. The lowest BCUT2D eigenvalue weighted by atomic mass is 10.3. The first-order valence-electron chi connectivity index (χ1n) is 3.84. The molecule has 13 heavy (non-hydrogen) atoms. The van der Waals surface area contributed by atoms with Gasteiger partial charge in [-0.2, -0.15) is 0 Å². The molecule has 0 heterocycles. The molecule has 0 aromatic rings. The van der Waals surface area contributed by atoms with Gasteiger partial charge in [0.2, 0.25) is 0 Å². The summed E-state index contributed by atoms with van der Waals surface area (Å²) in [5.41, 5.74) is 5.12. The van der Waals surface area contributed by atoms with Gasteiger partial charge in [-0.05, 0) is 13.3 Å². The Morgan fingerprint density at radius 1 is 1.62 bits per heavy atom. The number of rotatable bonds is 5. The van der Waals surface area contributed by atoms with Gasteiger partial charge >= 0.3 is 13.6 Å². The van der Waals surface area contributed by atoms with Gasteiger partial charge in [0.1, 0.15) is 5.78 Å². The first kappa shape index (κ1) is 12.6. The smallest absolute Gasteiger partial charge is 0.342 e. The summed E-state index contributed by atoms with van der Waals surface area (Å²) in [4.78, 5) is 27.9. The molecule has 0 bridgehead atoms. The maximum atomic E-state index is 10.7. The largest absolute Gasteiger partial charge is 0.466 e. The Bertz CT molecular complexity index is 213. The first-order valence-corrected chi connectivity index (χ1v) is 5.52.